The maximum Gasteiger partial charge on any atom is 0.190 e. The molecule has 0 aromatic heterocycles. The molecule has 10 atom stereocenters. The zero-order valence-corrected chi connectivity index (χ0v) is 19.0. The molecule has 4 aliphatic rings. The van der Waals surface area contributed by atoms with Crippen molar-refractivity contribution in [1.82, 2.24) is 0 Å². The molecule has 8 heteroatoms. The third-order valence-corrected chi connectivity index (χ3v) is 10.4. The second-order valence-corrected chi connectivity index (χ2v) is 11.3. The van der Waals surface area contributed by atoms with E-state index in [9.17, 15) is 24.9 Å². The Bertz CT molecular complexity index is 834. The molecule has 4 rings (SSSR count). The highest BCUT2D eigenvalue weighted by Gasteiger charge is 2.78. The van der Waals surface area contributed by atoms with E-state index in [4.69, 9.17) is 0 Å². The van der Waals surface area contributed by atoms with E-state index in [2.05, 4.69) is 15.9 Å². The third kappa shape index (κ3) is 2.32. The lowest BCUT2D eigenvalue weighted by Gasteiger charge is -2.66. The molecule has 3 N–H and O–H groups in total. The molecule has 3 unspecified atom stereocenters. The maximum atomic E-state index is 17.3. The molecule has 0 aromatic carbocycles. The maximum absolute atomic E-state index is 17.3. The molecule has 0 radical (unpaired) electrons. The number of aliphatic hydroxyl groups is 3. The van der Waals surface area contributed by atoms with Gasteiger partial charge in [-0.3, -0.25) is 9.59 Å². The van der Waals surface area contributed by atoms with Crippen LogP contribution in [-0.4, -0.2) is 61.9 Å². The average Bonchev–Trinajstić information content (AvgIpc) is 2.94. The van der Waals surface area contributed by atoms with Crippen molar-refractivity contribution < 1.29 is 33.7 Å². The van der Waals surface area contributed by atoms with Crippen molar-refractivity contribution in [1.29, 1.82) is 0 Å². The summed E-state index contributed by atoms with van der Waals surface area (Å²) < 4.78 is 32.9. The Hall–Kier alpha value is -0.700. The summed E-state index contributed by atoms with van der Waals surface area (Å²) in [4.78, 5) is 23.6. The van der Waals surface area contributed by atoms with Crippen LogP contribution in [-0.2, 0) is 9.59 Å². The number of Topliss-reactive ketones (excluding diaryl/α,β-unsaturated/α-hetero) is 1. The second-order valence-electron chi connectivity index (χ2n) is 10.2. The average molecular weight is 491 g/mol. The summed E-state index contributed by atoms with van der Waals surface area (Å²) in [6.45, 7) is 4.09. The number of ketones is 2. The normalized spacial score (nSPS) is 55.4. The molecule has 4 aliphatic carbocycles. The first-order valence-electron chi connectivity index (χ1n) is 10.6. The van der Waals surface area contributed by atoms with Crippen molar-refractivity contribution in [3.8, 4) is 0 Å². The van der Waals surface area contributed by atoms with E-state index < -0.39 is 69.3 Å². The van der Waals surface area contributed by atoms with Crippen molar-refractivity contribution in [3.63, 3.8) is 0 Å². The van der Waals surface area contributed by atoms with E-state index in [1.165, 1.54) is 6.08 Å². The number of carbonyl (C=O) groups excluding carboxylic acids is 2. The quantitative estimate of drug-likeness (QED) is 0.516. The zero-order valence-electron chi connectivity index (χ0n) is 17.4. The van der Waals surface area contributed by atoms with Crippen LogP contribution in [0.5, 0.6) is 0 Å². The molecular formula is C22H29BrF2O5. The van der Waals surface area contributed by atoms with Gasteiger partial charge in [0.15, 0.2) is 11.6 Å². The minimum absolute atomic E-state index is 0.0248. The highest BCUT2D eigenvalue weighted by molar-refractivity contribution is 9.09. The molecule has 0 aromatic rings. The van der Waals surface area contributed by atoms with Gasteiger partial charge >= 0.3 is 0 Å². The summed E-state index contributed by atoms with van der Waals surface area (Å²) in [6, 6.07) is 0. The van der Waals surface area contributed by atoms with E-state index >= 15 is 8.78 Å². The topological polar surface area (TPSA) is 94.8 Å². The van der Waals surface area contributed by atoms with Crippen LogP contribution in [0.2, 0.25) is 0 Å². The van der Waals surface area contributed by atoms with Gasteiger partial charge in [-0.05, 0) is 42.7 Å². The molecule has 30 heavy (non-hydrogen) atoms. The third-order valence-electron chi connectivity index (χ3n) is 9.33. The van der Waals surface area contributed by atoms with Crippen LogP contribution in [0.25, 0.3) is 0 Å². The van der Waals surface area contributed by atoms with Gasteiger partial charge in [-0.25, -0.2) is 8.78 Å². The Morgan fingerprint density at radius 3 is 2.60 bits per heavy atom. The molecule has 0 heterocycles. The Kier molecular flexibility index (Phi) is 4.99. The second kappa shape index (κ2) is 6.65. The van der Waals surface area contributed by atoms with E-state index in [1.54, 1.807) is 20.8 Å². The number of aliphatic hydroxyl groups excluding tert-OH is 2. The lowest BCUT2D eigenvalue weighted by Crippen LogP contribution is -2.74. The predicted octanol–water partition coefficient (Wildman–Crippen LogP) is 2.44. The number of halogens is 3. The van der Waals surface area contributed by atoms with Gasteiger partial charge in [-0.1, -0.05) is 36.7 Å². The van der Waals surface area contributed by atoms with Gasteiger partial charge < -0.3 is 15.3 Å². The fourth-order valence-corrected chi connectivity index (χ4v) is 8.50. The molecule has 3 fully saturated rings. The monoisotopic (exact) mass is 490 g/mol. The summed E-state index contributed by atoms with van der Waals surface area (Å²) >= 11 is 3.34. The molecule has 0 spiro atoms. The van der Waals surface area contributed by atoms with E-state index in [0.29, 0.717) is 0 Å². The van der Waals surface area contributed by atoms with Crippen LogP contribution in [0.3, 0.4) is 0 Å². The highest BCUT2D eigenvalue weighted by Crippen LogP contribution is 2.72. The lowest BCUT2D eigenvalue weighted by molar-refractivity contribution is -0.236. The molecule has 168 valence electrons. The molecule has 0 aliphatic heterocycles. The summed E-state index contributed by atoms with van der Waals surface area (Å²) in [6.07, 6.45) is -1.82. The molecular weight excluding hydrogens is 462 g/mol. The minimum Gasteiger partial charge on any atom is -0.390 e. The van der Waals surface area contributed by atoms with Crippen LogP contribution in [0.4, 0.5) is 8.78 Å². The van der Waals surface area contributed by atoms with Crippen molar-refractivity contribution in [2.45, 2.75) is 74.8 Å². The number of hydrogen-bond donors (Lipinski definition) is 3. The summed E-state index contributed by atoms with van der Waals surface area (Å²) in [5.74, 6) is -3.13. The van der Waals surface area contributed by atoms with Gasteiger partial charge in [0.2, 0.25) is 0 Å². The summed E-state index contributed by atoms with van der Waals surface area (Å²) in [7, 11) is 0. The van der Waals surface area contributed by atoms with Gasteiger partial charge in [0.25, 0.3) is 0 Å². The lowest BCUT2D eigenvalue weighted by atomic mass is 9.42. The zero-order chi connectivity index (χ0) is 22.4. The van der Waals surface area contributed by atoms with Gasteiger partial charge in [0.05, 0.1) is 10.9 Å². The number of fused-ring (bicyclic) bond motifs is 5. The largest absolute Gasteiger partial charge is 0.390 e. The number of hydrogen-bond acceptors (Lipinski definition) is 5. The van der Waals surface area contributed by atoms with Crippen LogP contribution in [0.1, 0.15) is 46.5 Å². The number of rotatable bonds is 2. The molecule has 0 saturated heterocycles. The van der Waals surface area contributed by atoms with Gasteiger partial charge in [0.1, 0.15) is 24.0 Å². The number of carbonyl (C=O) groups is 2. The Morgan fingerprint density at radius 1 is 1.37 bits per heavy atom. The van der Waals surface area contributed by atoms with E-state index in [-0.39, 0.29) is 37.0 Å². The first-order chi connectivity index (χ1) is 13.8. The number of alkyl halides is 3. The summed E-state index contributed by atoms with van der Waals surface area (Å²) in [5, 5.41) is 31.9. The van der Waals surface area contributed by atoms with E-state index in [0.717, 1.165) is 0 Å². The molecule has 5 nitrogen and oxygen atoms in total. The predicted molar refractivity (Wildman–Crippen MR) is 108 cm³/mol. The van der Waals surface area contributed by atoms with Crippen molar-refractivity contribution in [2.75, 3.05) is 6.61 Å². The summed E-state index contributed by atoms with van der Waals surface area (Å²) in [5.41, 5.74) is -6.67. The first-order valence-corrected chi connectivity index (χ1v) is 11.5. The smallest absolute Gasteiger partial charge is 0.190 e. The van der Waals surface area contributed by atoms with Gasteiger partial charge in [-0.2, -0.15) is 0 Å². The molecule has 0 bridgehead atoms. The van der Waals surface area contributed by atoms with Crippen molar-refractivity contribution in [3.05, 3.63) is 11.6 Å². The fourth-order valence-electron chi connectivity index (χ4n) is 7.46. The Labute approximate surface area is 183 Å². The Morgan fingerprint density at radius 2 is 2.00 bits per heavy atom. The SMILES string of the molecule is CC1CC(=O)C=C2C(F)C(Br)[C@H]3[C@@H]4CC[C@](O)(C(=O)CO)[C@@]4(C)C[C@H](O)[C@]3(F)[C@]21C. The minimum atomic E-state index is -2.24. The van der Waals surface area contributed by atoms with Crippen LogP contribution < -0.4 is 0 Å². The fraction of sp³-hybridized carbons (Fsp3) is 0.818. The first kappa shape index (κ1) is 22.5. The van der Waals surface area contributed by atoms with Crippen LogP contribution in [0, 0.1) is 28.6 Å². The van der Waals surface area contributed by atoms with Crippen LogP contribution >= 0.6 is 15.9 Å². The van der Waals surface area contributed by atoms with Crippen molar-refractivity contribution >= 4 is 27.5 Å². The standard InChI is InChI=1S/C22H29BrF2O5/c1-10-6-11(27)7-13-18(24)17(23)16-12-4-5-21(30,15(29)9-26)19(12,2)8-14(28)22(16,25)20(10,13)3/h7,10,12,14,16-18,26,28,30H,4-6,8-9H2,1-3H3/t10?,12-,14-,16+,17?,18?,19-,20-,21-,22+/m0/s1. The van der Waals surface area contributed by atoms with Gasteiger partial charge in [-0.15, -0.1) is 0 Å². The molecule has 0 amide bonds. The Balaban J connectivity index is 1.91. The van der Waals surface area contributed by atoms with Gasteiger partial charge in [0, 0.05) is 23.2 Å². The van der Waals surface area contributed by atoms with Crippen molar-refractivity contribution in [2.24, 2.45) is 28.6 Å². The molecule has 3 saturated carbocycles. The highest BCUT2D eigenvalue weighted by atomic mass is 79.9. The van der Waals surface area contributed by atoms with Crippen LogP contribution in [0.15, 0.2) is 11.6 Å². The van der Waals surface area contributed by atoms with E-state index in [1.807, 2.05) is 0 Å². The number of allylic oxidation sites excluding steroid dienone is 1.